The first-order valence-electron chi connectivity index (χ1n) is 2.69. The van der Waals surface area contributed by atoms with Gasteiger partial charge >= 0.3 is 0 Å². The summed E-state index contributed by atoms with van der Waals surface area (Å²) in [6, 6.07) is 0. The molecule has 0 amide bonds. The highest BCUT2D eigenvalue weighted by molar-refractivity contribution is 5.52. The maximum absolute atomic E-state index is 6.59. The van der Waals surface area contributed by atoms with Gasteiger partial charge in [0, 0.05) is 0 Å². The molecule has 4 heteroatoms. The Labute approximate surface area is 35.0 Å². The summed E-state index contributed by atoms with van der Waals surface area (Å²) < 4.78 is 25.3. The van der Waals surface area contributed by atoms with Gasteiger partial charge in [-0.2, -0.15) is 5.10 Å². The van der Waals surface area contributed by atoms with Crippen molar-refractivity contribution in [3.63, 3.8) is 0 Å². The molecule has 0 unspecified atom stereocenters. The summed E-state index contributed by atoms with van der Waals surface area (Å²) in [6.07, 6.45) is -0.644. The third kappa shape index (κ3) is 3.07. The lowest BCUT2D eigenvalue weighted by molar-refractivity contribution is 1.17. The summed E-state index contributed by atoms with van der Waals surface area (Å²) >= 11 is 0. The Morgan fingerprint density at radius 3 is 4.20 bits per heavy atom. The second kappa shape index (κ2) is 3.07. The molecule has 5 heavy (non-hydrogen) atoms. The van der Waals surface area contributed by atoms with E-state index in [-0.39, 0.29) is 5.83 Å². The topological polar surface area (TPSA) is 74.6 Å². The summed E-state index contributed by atoms with van der Waals surface area (Å²) in [5.41, 5.74) is 2.45. The van der Waals surface area contributed by atoms with Crippen molar-refractivity contribution in [3.8, 4) is 0 Å². The minimum atomic E-state index is -0.644. The molecule has 0 aromatic carbocycles. The van der Waals surface area contributed by atoms with E-state index in [0.29, 0.717) is 0 Å². The van der Waals surface area contributed by atoms with Crippen LogP contribution in [0.3, 0.4) is 0 Å². The van der Waals surface area contributed by atoms with Gasteiger partial charge in [-0.05, 0) is 0 Å². The molecule has 0 aliphatic rings. The Morgan fingerprint density at radius 1 is 2.60 bits per heavy atom. The van der Waals surface area contributed by atoms with Crippen molar-refractivity contribution in [2.24, 2.45) is 16.0 Å². The molecule has 0 aromatic heterocycles. The zero-order valence-electron chi connectivity index (χ0n) is 6.29. The Bertz CT molecular complexity index is 129. The van der Waals surface area contributed by atoms with Crippen molar-refractivity contribution in [3.05, 3.63) is 0 Å². The smallest absolute Gasteiger partial charge is 0.214 e. The number of nitrogens with zero attached hydrogens (tertiary/aromatic N) is 2. The van der Waals surface area contributed by atoms with Gasteiger partial charge in [-0.1, -0.05) is 0 Å². The van der Waals surface area contributed by atoms with Gasteiger partial charge < -0.3 is 5.83 Å². The quantitative estimate of drug-likeness (QED) is 0.148. The number of hydrogen-bond donors (Lipinski definition) is 2. The molecule has 0 spiro atoms. The van der Waals surface area contributed by atoms with Gasteiger partial charge in [-0.25, -0.2) is 5.52 Å². The Balaban J connectivity index is 3.84. The van der Waals surface area contributed by atoms with E-state index < -0.39 is 6.31 Å². The minimum Gasteiger partial charge on any atom is -0.322 e. The second-order valence-electron chi connectivity index (χ2n) is 0.300. The van der Waals surface area contributed by atoms with E-state index >= 15 is 0 Å². The standard InChI is InChI=1S/CH4N4/c2-4-1-5-3/h1-2H,3H2/i1D/hD3. The highest BCUT2D eigenvalue weighted by Gasteiger charge is 1.43. The zero-order valence-corrected chi connectivity index (χ0v) is 2.29. The molecule has 0 aromatic rings. The lowest BCUT2D eigenvalue weighted by atomic mass is 11.4. The van der Waals surface area contributed by atoms with Crippen LogP contribution in [0, 0.1) is 5.52 Å². The first-order chi connectivity index (χ1) is 4.16. The average Bonchev–Trinajstić information content (AvgIpc) is 1.63. The van der Waals surface area contributed by atoms with Crippen LogP contribution >= 0.6 is 0 Å². The van der Waals surface area contributed by atoms with E-state index in [9.17, 15) is 0 Å². The minimum absolute atomic E-state index is 0.0863. The van der Waals surface area contributed by atoms with E-state index in [4.69, 9.17) is 5.61 Å². The molecule has 28 valence electrons. The van der Waals surface area contributed by atoms with Crippen LogP contribution < -0.4 is 5.83 Å². The number of hydrazone groups is 1. The van der Waals surface area contributed by atoms with Crippen LogP contribution in [0.25, 0.3) is 0 Å². The van der Waals surface area contributed by atoms with Crippen molar-refractivity contribution in [2.75, 3.05) is 0 Å². The average molecular weight is 76.1 g/mol. The van der Waals surface area contributed by atoms with Crippen molar-refractivity contribution >= 4 is 6.31 Å². The van der Waals surface area contributed by atoms with Crippen molar-refractivity contribution in [1.82, 2.24) is 0 Å². The molecular formula is CH4N4. The van der Waals surface area contributed by atoms with Gasteiger partial charge in [0.2, 0.25) is 1.41 Å². The number of hydrogen-bond acceptors (Lipinski definition) is 3. The highest BCUT2D eigenvalue weighted by Crippen LogP contribution is 1.44. The monoisotopic (exact) mass is 76.1 g/mol. The maximum atomic E-state index is 6.59. The molecular weight excluding hydrogens is 68.0 g/mol. The molecule has 0 atom stereocenters. The number of amidine groups is 1. The summed E-state index contributed by atoms with van der Waals surface area (Å²) in [6.45, 7) is 0. The molecule has 0 bridgehead atoms. The Kier molecular flexibility index (Phi) is 0.471. The molecule has 0 saturated carbocycles. The third-order valence-corrected chi connectivity index (χ3v) is 0.0894. The molecule has 0 saturated heterocycles. The van der Waals surface area contributed by atoms with Crippen LogP contribution in [0.5, 0.6) is 0 Å². The van der Waals surface area contributed by atoms with Crippen molar-refractivity contribution < 1.29 is 5.61 Å². The van der Waals surface area contributed by atoms with Crippen LogP contribution in [-0.4, -0.2) is 6.31 Å². The lowest BCUT2D eigenvalue weighted by Gasteiger charge is -1.58. The summed E-state index contributed by atoms with van der Waals surface area (Å²) in [5.74, 6) is -0.0863. The van der Waals surface area contributed by atoms with Crippen LogP contribution in [-0.2, 0) is 0 Å². The van der Waals surface area contributed by atoms with Crippen LogP contribution in [0.1, 0.15) is 1.37 Å². The number of rotatable bonds is 1. The number of nitrogens with two attached hydrogens (primary N) is 1. The molecule has 3 N–H and O–H groups in total. The molecule has 0 aliphatic carbocycles. The Hall–Kier alpha value is -0.930. The Morgan fingerprint density at radius 2 is 3.60 bits per heavy atom. The highest BCUT2D eigenvalue weighted by atomic mass is 15.2. The van der Waals surface area contributed by atoms with Crippen molar-refractivity contribution in [2.45, 2.75) is 0 Å². The SMILES string of the molecule is [2H]N=NC([2H])=NN([2H])[2H]. The van der Waals surface area contributed by atoms with E-state index in [1.807, 2.05) is 0 Å². The van der Waals surface area contributed by atoms with Crippen molar-refractivity contribution in [1.29, 1.82) is 5.52 Å². The summed E-state index contributed by atoms with van der Waals surface area (Å²) in [7, 11) is 0. The van der Waals surface area contributed by atoms with Crippen LogP contribution in [0.15, 0.2) is 10.2 Å². The van der Waals surface area contributed by atoms with E-state index in [1.54, 1.807) is 0 Å². The predicted octanol–water partition coefficient (Wildman–Crippen LogP) is -0.0806. The molecule has 0 fully saturated rings. The molecule has 4 nitrogen and oxygen atoms in total. The van der Waals surface area contributed by atoms with Gasteiger partial charge in [-0.15, -0.1) is 5.11 Å². The van der Waals surface area contributed by atoms with E-state index in [0.717, 1.165) is 0 Å². The number of nitrogens with one attached hydrogen (secondary N) is 1. The largest absolute Gasteiger partial charge is 0.322 e. The van der Waals surface area contributed by atoms with Crippen LogP contribution in [0.2, 0.25) is 4.24 Å². The fraction of sp³-hybridized carbons (Fsp3) is 0. The van der Waals surface area contributed by atoms with Gasteiger partial charge in [-0.3, -0.25) is 0 Å². The zero-order chi connectivity index (χ0) is 7.28. The molecule has 0 radical (unpaired) electrons. The third-order valence-electron chi connectivity index (χ3n) is 0.0894. The summed E-state index contributed by atoms with van der Waals surface area (Å²) in [5, 5.41) is 5.63. The molecule has 0 aliphatic heterocycles. The normalized spacial score (nSPS) is 23.6. The lowest BCUT2D eigenvalue weighted by Crippen LogP contribution is -1.75. The maximum Gasteiger partial charge on any atom is 0.214 e. The van der Waals surface area contributed by atoms with Gasteiger partial charge in [0.05, 0.1) is 0 Å². The van der Waals surface area contributed by atoms with Crippen LogP contribution in [0.4, 0.5) is 0 Å². The van der Waals surface area contributed by atoms with Gasteiger partial charge in [0.15, 0.2) is 9.14 Å². The van der Waals surface area contributed by atoms with Gasteiger partial charge in [0.25, 0.3) is 0 Å². The fourth-order valence-electron chi connectivity index (χ4n) is 0.0200. The van der Waals surface area contributed by atoms with Gasteiger partial charge in [0.1, 0.15) is 1.37 Å². The predicted molar refractivity (Wildman–Crippen MR) is 17.8 cm³/mol. The first-order valence-corrected chi connectivity index (χ1v) is 0.847. The summed E-state index contributed by atoms with van der Waals surface area (Å²) in [4.78, 5) is 0. The fourth-order valence-corrected chi connectivity index (χ4v) is 0.0200. The first kappa shape index (κ1) is 0.767. The molecule has 0 heterocycles. The van der Waals surface area contributed by atoms with E-state index in [1.165, 1.54) is 0 Å². The van der Waals surface area contributed by atoms with E-state index in [2.05, 4.69) is 15.7 Å². The molecule has 0 rings (SSSR count). The second-order valence-corrected chi connectivity index (χ2v) is 0.300.